The van der Waals surface area contributed by atoms with Crippen LogP contribution in [0.5, 0.6) is 5.75 Å². The van der Waals surface area contributed by atoms with E-state index in [4.69, 9.17) is 9.47 Å². The molecule has 1 saturated heterocycles. The lowest BCUT2D eigenvalue weighted by atomic mass is 10.0. The van der Waals surface area contributed by atoms with Crippen LogP contribution in [0, 0.1) is 0 Å². The summed E-state index contributed by atoms with van der Waals surface area (Å²) in [5.74, 6) is 0.0232. The molecule has 0 saturated carbocycles. The Balaban J connectivity index is 1.82. The van der Waals surface area contributed by atoms with Crippen molar-refractivity contribution >= 4 is 11.9 Å². The first-order valence-corrected chi connectivity index (χ1v) is 8.66. The van der Waals surface area contributed by atoms with Gasteiger partial charge >= 0.3 is 5.97 Å². The minimum atomic E-state index is -0.556. The number of amides is 1. The highest BCUT2D eigenvalue weighted by Crippen LogP contribution is 2.28. The number of carbonyl (C=O) groups is 2. The van der Waals surface area contributed by atoms with Crippen LogP contribution in [0.3, 0.4) is 0 Å². The smallest absolute Gasteiger partial charge is 0.328 e. The van der Waals surface area contributed by atoms with Crippen LogP contribution in [0.1, 0.15) is 31.9 Å². The van der Waals surface area contributed by atoms with Gasteiger partial charge in [0.2, 0.25) is 5.91 Å². The van der Waals surface area contributed by atoms with E-state index in [1.807, 2.05) is 28.9 Å². The molecule has 2 aromatic rings. The minimum Gasteiger partial charge on any atom is -0.496 e. The molecule has 1 amide bonds. The van der Waals surface area contributed by atoms with Gasteiger partial charge in [0.25, 0.3) is 0 Å². The van der Waals surface area contributed by atoms with E-state index < -0.39 is 6.04 Å². The number of benzene rings is 1. The average Bonchev–Trinajstić information content (AvgIpc) is 3.24. The third kappa shape index (κ3) is 3.71. The number of ether oxygens (including phenoxy) is 2. The van der Waals surface area contributed by atoms with E-state index in [0.717, 1.165) is 16.8 Å². The molecule has 138 valence electrons. The van der Waals surface area contributed by atoms with Crippen LogP contribution in [0.15, 0.2) is 30.5 Å². The molecule has 7 heteroatoms. The average molecular weight is 357 g/mol. The van der Waals surface area contributed by atoms with E-state index in [1.165, 1.54) is 0 Å². The quantitative estimate of drug-likeness (QED) is 0.801. The summed E-state index contributed by atoms with van der Waals surface area (Å²) < 4.78 is 12.2. The van der Waals surface area contributed by atoms with E-state index in [0.29, 0.717) is 18.8 Å². The van der Waals surface area contributed by atoms with Gasteiger partial charge in [-0.15, -0.1) is 0 Å². The molecule has 0 spiro atoms. The van der Waals surface area contributed by atoms with Gasteiger partial charge in [-0.2, -0.15) is 5.10 Å². The van der Waals surface area contributed by atoms with Gasteiger partial charge in [-0.05, 0) is 38.1 Å². The Morgan fingerprint density at radius 3 is 2.88 bits per heavy atom. The van der Waals surface area contributed by atoms with Crippen LogP contribution in [0.4, 0.5) is 0 Å². The first-order valence-electron chi connectivity index (χ1n) is 8.66. The molecule has 7 nitrogen and oxygen atoms in total. The topological polar surface area (TPSA) is 82.5 Å². The second-order valence-corrected chi connectivity index (χ2v) is 6.53. The van der Waals surface area contributed by atoms with E-state index in [2.05, 4.69) is 24.3 Å². The Bertz CT molecular complexity index is 813. The number of carbonyl (C=O) groups excluding carboxylic acids is 2. The Labute approximate surface area is 152 Å². The molecule has 3 rings (SSSR count). The summed E-state index contributed by atoms with van der Waals surface area (Å²) in [5.41, 5.74) is 2.69. The van der Waals surface area contributed by atoms with Crippen molar-refractivity contribution in [1.29, 1.82) is 0 Å². The highest BCUT2D eigenvalue weighted by Gasteiger charge is 2.28. The number of hydrogen-bond acceptors (Lipinski definition) is 5. The zero-order valence-corrected chi connectivity index (χ0v) is 15.2. The molecule has 0 radical (unpaired) electrons. The molecule has 26 heavy (non-hydrogen) atoms. The molecular weight excluding hydrogens is 334 g/mol. The summed E-state index contributed by atoms with van der Waals surface area (Å²) in [6, 6.07) is 7.34. The highest BCUT2D eigenvalue weighted by molar-refractivity contribution is 5.87. The van der Waals surface area contributed by atoms with Crippen molar-refractivity contribution in [2.75, 3.05) is 13.7 Å². The largest absolute Gasteiger partial charge is 0.496 e. The normalized spacial score (nSPS) is 16.6. The van der Waals surface area contributed by atoms with Gasteiger partial charge in [0.1, 0.15) is 11.8 Å². The monoisotopic (exact) mass is 357 g/mol. The number of nitrogens with zero attached hydrogens (tertiary/aromatic N) is 2. The second-order valence-electron chi connectivity index (χ2n) is 6.53. The Hall–Kier alpha value is -2.83. The van der Waals surface area contributed by atoms with Gasteiger partial charge < -0.3 is 14.8 Å². The number of hydrogen-bond donors (Lipinski definition) is 1. The molecule has 1 N–H and O–H groups in total. The summed E-state index contributed by atoms with van der Waals surface area (Å²) in [7, 11) is 1.57. The van der Waals surface area contributed by atoms with Gasteiger partial charge in [-0.1, -0.05) is 0 Å². The van der Waals surface area contributed by atoms with E-state index in [1.54, 1.807) is 13.3 Å². The Kier molecular flexibility index (Phi) is 5.25. The number of nitrogens with one attached hydrogen (secondary N) is 1. The van der Waals surface area contributed by atoms with Gasteiger partial charge in [-0.25, -0.2) is 4.79 Å². The maximum atomic E-state index is 12.4. The van der Waals surface area contributed by atoms with Gasteiger partial charge in [0.05, 0.1) is 25.8 Å². The molecule has 1 aromatic carbocycles. The highest BCUT2D eigenvalue weighted by atomic mass is 16.5. The van der Waals surface area contributed by atoms with E-state index >= 15 is 0 Å². The lowest BCUT2D eigenvalue weighted by molar-refractivity contribution is -0.141. The zero-order valence-electron chi connectivity index (χ0n) is 15.2. The van der Waals surface area contributed by atoms with Crippen molar-refractivity contribution in [3.05, 3.63) is 36.0 Å². The lowest BCUT2D eigenvalue weighted by Gasteiger charge is -2.15. The van der Waals surface area contributed by atoms with Gasteiger partial charge in [-0.3, -0.25) is 9.48 Å². The Morgan fingerprint density at radius 2 is 2.23 bits per heavy atom. The first kappa shape index (κ1) is 18.0. The van der Waals surface area contributed by atoms with Crippen molar-refractivity contribution < 1.29 is 19.1 Å². The number of esters is 1. The summed E-state index contributed by atoms with van der Waals surface area (Å²) in [6.07, 6.45) is 2.39. The number of aromatic nitrogens is 2. The van der Waals surface area contributed by atoms with Crippen molar-refractivity contribution in [2.45, 2.75) is 38.8 Å². The summed E-state index contributed by atoms with van der Waals surface area (Å²) in [6.45, 7) is 4.48. The Morgan fingerprint density at radius 1 is 1.42 bits per heavy atom. The molecule has 1 aromatic heterocycles. The van der Waals surface area contributed by atoms with Crippen molar-refractivity contribution in [2.24, 2.45) is 0 Å². The maximum absolute atomic E-state index is 12.4. The molecule has 1 fully saturated rings. The lowest BCUT2D eigenvalue weighted by Crippen LogP contribution is -2.38. The molecular formula is C19H23N3O4. The number of methoxy groups -OCH3 is 1. The fourth-order valence-corrected chi connectivity index (χ4v) is 3.08. The van der Waals surface area contributed by atoms with Crippen LogP contribution in [0.2, 0.25) is 0 Å². The number of rotatable bonds is 6. The van der Waals surface area contributed by atoms with Gasteiger partial charge in [0.15, 0.2) is 0 Å². The van der Waals surface area contributed by atoms with Crippen molar-refractivity contribution in [3.63, 3.8) is 0 Å². The summed E-state index contributed by atoms with van der Waals surface area (Å²) in [4.78, 5) is 23.9. The van der Waals surface area contributed by atoms with Gasteiger partial charge in [0, 0.05) is 29.8 Å². The predicted octanol–water partition coefficient (Wildman–Crippen LogP) is 2.11. The molecule has 1 aliphatic heterocycles. The third-order valence-electron chi connectivity index (χ3n) is 4.36. The predicted molar refractivity (Wildman–Crippen MR) is 95.8 cm³/mol. The van der Waals surface area contributed by atoms with E-state index in [9.17, 15) is 9.59 Å². The van der Waals surface area contributed by atoms with Crippen LogP contribution in [-0.2, 0) is 20.7 Å². The van der Waals surface area contributed by atoms with Crippen molar-refractivity contribution in [1.82, 2.24) is 15.1 Å². The summed E-state index contributed by atoms with van der Waals surface area (Å²) >= 11 is 0. The number of cyclic esters (lactones) is 1. The van der Waals surface area contributed by atoms with E-state index in [-0.39, 0.29) is 24.3 Å². The van der Waals surface area contributed by atoms with Crippen LogP contribution in [0.25, 0.3) is 11.3 Å². The maximum Gasteiger partial charge on any atom is 0.328 e. The molecule has 2 heterocycles. The first-order chi connectivity index (χ1) is 12.5. The SMILES string of the molecule is COc1ccc(-c2ccnn2C(C)C)cc1CC(=O)N[C@@H]1CCOC1=O. The fraction of sp³-hybridized carbons (Fsp3) is 0.421. The molecule has 0 bridgehead atoms. The third-order valence-corrected chi connectivity index (χ3v) is 4.36. The van der Waals surface area contributed by atoms with Crippen LogP contribution >= 0.6 is 0 Å². The second kappa shape index (κ2) is 7.59. The zero-order chi connectivity index (χ0) is 18.7. The molecule has 1 aliphatic rings. The van der Waals surface area contributed by atoms with Crippen LogP contribution < -0.4 is 10.1 Å². The van der Waals surface area contributed by atoms with Crippen LogP contribution in [-0.4, -0.2) is 41.4 Å². The minimum absolute atomic E-state index is 0.122. The molecule has 0 aliphatic carbocycles. The standard InChI is InChI=1S/C19H23N3O4/c1-12(2)22-16(6-8-20-22)13-4-5-17(25-3)14(10-13)11-18(23)21-15-7-9-26-19(15)24/h4-6,8,10,12,15H,7,9,11H2,1-3H3,(H,21,23)/t15-/m1/s1. The fourth-order valence-electron chi connectivity index (χ4n) is 3.08. The van der Waals surface area contributed by atoms with Crippen molar-refractivity contribution in [3.8, 4) is 17.0 Å². The molecule has 1 atom stereocenters. The molecule has 0 unspecified atom stereocenters. The summed E-state index contributed by atoms with van der Waals surface area (Å²) in [5, 5.41) is 7.08.